The molecule has 0 bridgehead atoms. The first-order chi connectivity index (χ1) is 12.4. The average molecular weight is 384 g/mol. The van der Waals surface area contributed by atoms with Gasteiger partial charge < -0.3 is 14.6 Å². The number of morpholine rings is 1. The lowest BCUT2D eigenvalue weighted by Gasteiger charge is -2.27. The van der Waals surface area contributed by atoms with E-state index in [1.54, 1.807) is 12.1 Å². The maximum atomic E-state index is 13.3. The smallest absolute Gasteiger partial charge is 0.378 e. The van der Waals surface area contributed by atoms with Crippen LogP contribution in [0.15, 0.2) is 24.5 Å². The molecule has 0 radical (unpaired) electrons. The van der Waals surface area contributed by atoms with Crippen molar-refractivity contribution in [2.75, 3.05) is 31.2 Å². The summed E-state index contributed by atoms with van der Waals surface area (Å²) in [6.07, 6.45) is -2.45. The molecule has 1 N–H and O–H groups in total. The summed E-state index contributed by atoms with van der Waals surface area (Å²) in [5.41, 5.74) is -0.464. The summed E-state index contributed by atoms with van der Waals surface area (Å²) in [4.78, 5) is 16.8. The quantitative estimate of drug-likeness (QED) is 0.686. The summed E-state index contributed by atoms with van der Waals surface area (Å²) in [6.45, 7) is 2.66. The molecule has 1 fully saturated rings. The number of aromatic amines is 1. The number of nitrogens with one attached hydrogen (secondary N) is 1. The van der Waals surface area contributed by atoms with Crippen molar-refractivity contribution in [3.63, 3.8) is 0 Å². The topological polar surface area (TPSA) is 66.9 Å². The molecule has 0 unspecified atom stereocenters. The van der Waals surface area contributed by atoms with Crippen LogP contribution in [-0.4, -0.2) is 46.2 Å². The van der Waals surface area contributed by atoms with Gasteiger partial charge in [-0.1, -0.05) is 0 Å². The number of hydrogen-bond donors (Lipinski definition) is 1. The van der Waals surface area contributed by atoms with Gasteiger partial charge in [0, 0.05) is 36.4 Å². The molecule has 3 aromatic rings. The summed E-state index contributed by atoms with van der Waals surface area (Å²) in [5.74, 6) is 0.742. The van der Waals surface area contributed by atoms with Crippen LogP contribution in [0.5, 0.6) is 0 Å². The molecule has 0 spiro atoms. The zero-order valence-corrected chi connectivity index (χ0v) is 14.1. The number of aromatic nitrogens is 4. The van der Waals surface area contributed by atoms with E-state index >= 15 is 0 Å². The van der Waals surface area contributed by atoms with Crippen LogP contribution in [0.3, 0.4) is 0 Å². The summed E-state index contributed by atoms with van der Waals surface area (Å²) in [6, 6.07) is 3.51. The number of rotatable bonds is 2. The number of nitrogens with zero attached hydrogens (tertiary/aromatic N) is 4. The Labute approximate surface area is 151 Å². The molecule has 3 aromatic heterocycles. The van der Waals surface area contributed by atoms with Crippen molar-refractivity contribution in [3.05, 3.63) is 35.4 Å². The average Bonchev–Trinajstić information content (AvgIpc) is 3.04. The highest BCUT2D eigenvalue weighted by atomic mass is 35.5. The summed E-state index contributed by atoms with van der Waals surface area (Å²) in [5, 5.41) is 0.280. The largest absolute Gasteiger partial charge is 0.419 e. The van der Waals surface area contributed by atoms with Crippen molar-refractivity contribution >= 4 is 28.5 Å². The Balaban J connectivity index is 1.80. The van der Waals surface area contributed by atoms with E-state index in [0.29, 0.717) is 43.5 Å². The minimum Gasteiger partial charge on any atom is -0.378 e. The van der Waals surface area contributed by atoms with E-state index in [9.17, 15) is 13.2 Å². The predicted molar refractivity (Wildman–Crippen MR) is 90.2 cm³/mol. The van der Waals surface area contributed by atoms with Gasteiger partial charge in [0.15, 0.2) is 0 Å². The van der Waals surface area contributed by atoms with Gasteiger partial charge in [0.25, 0.3) is 0 Å². The first-order valence-electron chi connectivity index (χ1n) is 7.84. The number of alkyl halides is 3. The Kier molecular flexibility index (Phi) is 4.20. The molecule has 0 saturated carbocycles. The Morgan fingerprint density at radius 1 is 1.15 bits per heavy atom. The van der Waals surface area contributed by atoms with Crippen molar-refractivity contribution in [1.82, 2.24) is 19.9 Å². The van der Waals surface area contributed by atoms with E-state index in [2.05, 4.69) is 24.8 Å². The van der Waals surface area contributed by atoms with Gasteiger partial charge in [-0.15, -0.1) is 0 Å². The lowest BCUT2D eigenvalue weighted by atomic mass is 10.1. The minimum atomic E-state index is -4.59. The van der Waals surface area contributed by atoms with Gasteiger partial charge in [-0.05, 0) is 23.7 Å². The van der Waals surface area contributed by atoms with Gasteiger partial charge in [-0.25, -0.2) is 15.0 Å². The zero-order chi connectivity index (χ0) is 18.3. The molecule has 26 heavy (non-hydrogen) atoms. The summed E-state index contributed by atoms with van der Waals surface area (Å²) >= 11 is 5.73. The van der Waals surface area contributed by atoms with E-state index in [0.717, 1.165) is 5.82 Å². The van der Waals surface area contributed by atoms with Gasteiger partial charge in [-0.2, -0.15) is 13.2 Å². The fraction of sp³-hybridized carbons (Fsp3) is 0.312. The predicted octanol–water partition coefficient (Wildman–Crippen LogP) is 3.53. The van der Waals surface area contributed by atoms with E-state index in [1.807, 2.05) is 0 Å². The van der Waals surface area contributed by atoms with Gasteiger partial charge in [-0.3, -0.25) is 0 Å². The fourth-order valence-electron chi connectivity index (χ4n) is 2.93. The third-order valence-electron chi connectivity index (χ3n) is 4.18. The van der Waals surface area contributed by atoms with Gasteiger partial charge >= 0.3 is 6.18 Å². The SMILES string of the molecule is FC(F)(F)c1cnc(Cl)nc1-c1c[nH]c2nc(N3CCOCC3)ccc12. The van der Waals surface area contributed by atoms with Crippen LogP contribution in [0.1, 0.15) is 5.56 Å². The van der Waals surface area contributed by atoms with Crippen LogP contribution in [0.25, 0.3) is 22.3 Å². The number of halogens is 4. The number of fused-ring (bicyclic) bond motifs is 1. The summed E-state index contributed by atoms with van der Waals surface area (Å²) in [7, 11) is 0. The lowest BCUT2D eigenvalue weighted by Crippen LogP contribution is -2.36. The standard InChI is InChI=1S/C16H13ClF3N5O/c17-15-22-8-11(16(18,19)20)13(24-15)10-7-21-14-9(10)1-2-12(23-14)25-3-5-26-6-4-25/h1-2,7-8H,3-6H2,(H,21,23). The first-order valence-corrected chi connectivity index (χ1v) is 8.22. The normalized spacial score (nSPS) is 15.6. The van der Waals surface area contributed by atoms with E-state index < -0.39 is 11.7 Å². The molecule has 0 amide bonds. The van der Waals surface area contributed by atoms with Gasteiger partial charge in [0.1, 0.15) is 17.0 Å². The molecule has 1 aliphatic rings. The van der Waals surface area contributed by atoms with Crippen molar-refractivity contribution in [1.29, 1.82) is 0 Å². The molecule has 0 aliphatic carbocycles. The van der Waals surface area contributed by atoms with Crippen molar-refractivity contribution in [2.45, 2.75) is 6.18 Å². The highest BCUT2D eigenvalue weighted by molar-refractivity contribution is 6.28. The number of H-pyrrole nitrogens is 1. The monoisotopic (exact) mass is 383 g/mol. The van der Waals surface area contributed by atoms with Crippen molar-refractivity contribution in [2.24, 2.45) is 0 Å². The molecule has 136 valence electrons. The van der Waals surface area contributed by atoms with E-state index in [1.165, 1.54) is 6.20 Å². The molecular formula is C16H13ClF3N5O. The zero-order valence-electron chi connectivity index (χ0n) is 13.3. The second-order valence-electron chi connectivity index (χ2n) is 5.77. The molecule has 0 atom stereocenters. The Hall–Kier alpha value is -2.39. The molecule has 4 heterocycles. The molecule has 6 nitrogen and oxygen atoms in total. The fourth-order valence-corrected chi connectivity index (χ4v) is 3.07. The second-order valence-corrected chi connectivity index (χ2v) is 6.10. The third kappa shape index (κ3) is 3.08. The molecular weight excluding hydrogens is 371 g/mol. The van der Waals surface area contributed by atoms with Crippen LogP contribution >= 0.6 is 11.6 Å². The van der Waals surface area contributed by atoms with E-state index in [-0.39, 0.29) is 16.5 Å². The van der Waals surface area contributed by atoms with Crippen LogP contribution < -0.4 is 4.90 Å². The molecule has 4 rings (SSSR count). The highest BCUT2D eigenvalue weighted by Gasteiger charge is 2.36. The molecule has 1 aliphatic heterocycles. The van der Waals surface area contributed by atoms with Crippen LogP contribution in [-0.2, 0) is 10.9 Å². The van der Waals surface area contributed by atoms with Crippen LogP contribution in [0.2, 0.25) is 5.28 Å². The number of ether oxygens (including phenoxy) is 1. The third-order valence-corrected chi connectivity index (χ3v) is 4.36. The number of anilines is 1. The second kappa shape index (κ2) is 6.40. The van der Waals surface area contributed by atoms with Crippen molar-refractivity contribution < 1.29 is 17.9 Å². The highest BCUT2D eigenvalue weighted by Crippen LogP contribution is 2.38. The Morgan fingerprint density at radius 3 is 2.65 bits per heavy atom. The molecule has 0 aromatic carbocycles. The Morgan fingerprint density at radius 2 is 1.92 bits per heavy atom. The number of pyridine rings is 1. The van der Waals surface area contributed by atoms with Gasteiger partial charge in [0.05, 0.1) is 18.9 Å². The van der Waals surface area contributed by atoms with Crippen molar-refractivity contribution in [3.8, 4) is 11.3 Å². The van der Waals surface area contributed by atoms with Crippen LogP contribution in [0, 0.1) is 0 Å². The first kappa shape index (κ1) is 17.0. The van der Waals surface area contributed by atoms with E-state index in [4.69, 9.17) is 16.3 Å². The Bertz CT molecular complexity index is 953. The number of hydrogen-bond acceptors (Lipinski definition) is 5. The maximum absolute atomic E-state index is 13.3. The summed E-state index contributed by atoms with van der Waals surface area (Å²) < 4.78 is 45.3. The molecule has 1 saturated heterocycles. The molecule has 10 heteroatoms. The van der Waals surface area contributed by atoms with Crippen LogP contribution in [0.4, 0.5) is 19.0 Å². The van der Waals surface area contributed by atoms with Gasteiger partial charge in [0.2, 0.25) is 5.28 Å². The maximum Gasteiger partial charge on any atom is 0.419 e. The lowest BCUT2D eigenvalue weighted by molar-refractivity contribution is -0.137. The minimum absolute atomic E-state index is 0.250.